The summed E-state index contributed by atoms with van der Waals surface area (Å²) in [4.78, 5) is 13.8. The second kappa shape index (κ2) is 3.80. The van der Waals surface area contributed by atoms with Crippen LogP contribution < -0.4 is 4.74 Å². The molecule has 0 aliphatic heterocycles. The van der Waals surface area contributed by atoms with Crippen molar-refractivity contribution in [2.45, 2.75) is 25.4 Å². The van der Waals surface area contributed by atoms with Gasteiger partial charge in [0.25, 0.3) is 0 Å². The maximum atomic E-state index is 10.9. The summed E-state index contributed by atoms with van der Waals surface area (Å²) in [5.41, 5.74) is 1.00. The van der Waals surface area contributed by atoms with Gasteiger partial charge in [-0.3, -0.25) is 0 Å². The summed E-state index contributed by atoms with van der Waals surface area (Å²) < 4.78 is 5.84. The molecule has 1 aliphatic rings. The zero-order valence-electron chi connectivity index (χ0n) is 9.27. The van der Waals surface area contributed by atoms with Gasteiger partial charge in [-0.15, -0.1) is 0 Å². The number of benzene rings is 1. The minimum atomic E-state index is -0.948. The molecular weight excluding hydrogens is 218 g/mol. The van der Waals surface area contributed by atoms with E-state index in [9.17, 15) is 4.79 Å². The number of rotatable bonds is 3. The molecule has 2 N–H and O–H groups in total. The predicted octanol–water partition coefficient (Wildman–Crippen LogP) is 2.80. The van der Waals surface area contributed by atoms with Crippen molar-refractivity contribution in [2.24, 2.45) is 0 Å². The van der Waals surface area contributed by atoms with E-state index >= 15 is 0 Å². The van der Waals surface area contributed by atoms with Crippen LogP contribution in [0.5, 0.6) is 5.75 Å². The van der Waals surface area contributed by atoms with Gasteiger partial charge in [0.2, 0.25) is 0 Å². The van der Waals surface area contributed by atoms with Crippen molar-refractivity contribution in [3.8, 4) is 5.75 Å². The number of hydrogen-bond acceptors (Lipinski definition) is 2. The highest BCUT2D eigenvalue weighted by Crippen LogP contribution is 2.31. The van der Waals surface area contributed by atoms with Gasteiger partial charge in [0.15, 0.2) is 0 Å². The molecule has 0 spiro atoms. The third-order valence-corrected chi connectivity index (χ3v) is 3.20. The molecule has 1 fully saturated rings. The third-order valence-electron chi connectivity index (χ3n) is 3.20. The summed E-state index contributed by atoms with van der Waals surface area (Å²) in [6.07, 6.45) is 3.69. The molecule has 1 aliphatic carbocycles. The van der Waals surface area contributed by atoms with Crippen LogP contribution in [0.1, 0.15) is 29.8 Å². The highest BCUT2D eigenvalue weighted by atomic mass is 16.5. The van der Waals surface area contributed by atoms with E-state index in [2.05, 4.69) is 4.98 Å². The number of aromatic amines is 1. The van der Waals surface area contributed by atoms with Crippen molar-refractivity contribution >= 4 is 16.9 Å². The molecule has 4 heteroatoms. The second-order valence-electron chi connectivity index (χ2n) is 4.38. The van der Waals surface area contributed by atoms with Crippen LogP contribution in [-0.4, -0.2) is 22.2 Å². The molecule has 1 heterocycles. The molecule has 0 bridgehead atoms. The molecule has 0 atom stereocenters. The number of H-pyrrole nitrogens is 1. The lowest BCUT2D eigenvalue weighted by atomic mass is 9.96. The molecule has 0 amide bonds. The number of fused-ring (bicyclic) bond motifs is 1. The summed E-state index contributed by atoms with van der Waals surface area (Å²) in [6, 6.07) is 7.25. The van der Waals surface area contributed by atoms with E-state index in [1.54, 1.807) is 6.07 Å². The van der Waals surface area contributed by atoms with Crippen LogP contribution in [0.25, 0.3) is 10.9 Å². The smallest absolute Gasteiger partial charge is 0.352 e. The second-order valence-corrected chi connectivity index (χ2v) is 4.38. The van der Waals surface area contributed by atoms with Gasteiger partial charge in [0, 0.05) is 10.9 Å². The molecule has 4 nitrogen and oxygen atoms in total. The lowest BCUT2D eigenvalue weighted by Crippen LogP contribution is -2.24. The van der Waals surface area contributed by atoms with Gasteiger partial charge in [-0.2, -0.15) is 0 Å². The number of aromatic carboxylic acids is 1. The Kier molecular flexibility index (Phi) is 2.28. The number of ether oxygens (including phenoxy) is 1. The maximum Gasteiger partial charge on any atom is 0.352 e. The molecule has 1 aromatic heterocycles. The monoisotopic (exact) mass is 231 g/mol. The van der Waals surface area contributed by atoms with E-state index in [1.807, 2.05) is 18.2 Å². The van der Waals surface area contributed by atoms with E-state index in [4.69, 9.17) is 9.84 Å². The molecular formula is C13H13NO3. The Morgan fingerprint density at radius 3 is 2.88 bits per heavy atom. The Balaban J connectivity index is 2.01. The largest absolute Gasteiger partial charge is 0.490 e. The lowest BCUT2D eigenvalue weighted by molar-refractivity contribution is 0.0691. The molecule has 1 saturated carbocycles. The normalized spacial score (nSPS) is 15.8. The summed E-state index contributed by atoms with van der Waals surface area (Å²) in [7, 11) is 0. The molecule has 3 rings (SSSR count). The number of carbonyl (C=O) groups is 1. The predicted molar refractivity (Wildman–Crippen MR) is 63.5 cm³/mol. The summed E-state index contributed by atoms with van der Waals surface area (Å²) in [6.45, 7) is 0. The molecule has 17 heavy (non-hydrogen) atoms. The summed E-state index contributed by atoms with van der Waals surface area (Å²) in [5.74, 6) is -0.174. The number of carboxylic acid groups (broad SMARTS) is 1. The highest BCUT2D eigenvalue weighted by Gasteiger charge is 2.20. The van der Waals surface area contributed by atoms with Gasteiger partial charge < -0.3 is 14.8 Å². The van der Waals surface area contributed by atoms with Crippen LogP contribution in [0.4, 0.5) is 0 Å². The van der Waals surface area contributed by atoms with Gasteiger partial charge in [-0.25, -0.2) is 4.79 Å². The zero-order valence-corrected chi connectivity index (χ0v) is 9.27. The number of hydrogen-bond donors (Lipinski definition) is 2. The molecule has 0 unspecified atom stereocenters. The van der Waals surface area contributed by atoms with Gasteiger partial charge in [-0.1, -0.05) is 6.07 Å². The quantitative estimate of drug-likeness (QED) is 0.853. The summed E-state index contributed by atoms with van der Waals surface area (Å²) >= 11 is 0. The highest BCUT2D eigenvalue weighted by molar-refractivity contribution is 5.96. The Morgan fingerprint density at radius 2 is 2.24 bits per heavy atom. The molecule has 2 aromatic rings. The van der Waals surface area contributed by atoms with E-state index in [1.165, 1.54) is 6.42 Å². The molecule has 88 valence electrons. The average Bonchev–Trinajstić information content (AvgIpc) is 2.67. The molecule has 0 saturated heterocycles. The maximum absolute atomic E-state index is 10.9. The van der Waals surface area contributed by atoms with Crippen LogP contribution >= 0.6 is 0 Å². The van der Waals surface area contributed by atoms with E-state index in [-0.39, 0.29) is 5.69 Å². The number of nitrogens with one attached hydrogen (secondary N) is 1. The average molecular weight is 231 g/mol. The minimum Gasteiger partial charge on any atom is -0.490 e. The standard InChI is InChI=1S/C13H13NO3/c15-13(16)11-7-9-10(14-11)5-2-6-12(9)17-8-3-1-4-8/h2,5-8,14H,1,3-4H2,(H,15,16). The first-order valence-corrected chi connectivity index (χ1v) is 5.76. The van der Waals surface area contributed by atoms with Gasteiger partial charge in [0.1, 0.15) is 11.4 Å². The lowest BCUT2D eigenvalue weighted by Gasteiger charge is -2.26. The molecule has 0 radical (unpaired) electrons. The van der Waals surface area contributed by atoms with Gasteiger partial charge >= 0.3 is 5.97 Å². The SMILES string of the molecule is O=C(O)c1cc2c(OC3CCC3)cccc2[nH]1. The van der Waals surface area contributed by atoms with Crippen molar-refractivity contribution < 1.29 is 14.6 Å². The summed E-state index contributed by atoms with van der Waals surface area (Å²) in [5, 5.41) is 9.79. The Hall–Kier alpha value is -1.97. The van der Waals surface area contributed by atoms with E-state index in [0.29, 0.717) is 6.10 Å². The first-order chi connectivity index (χ1) is 8.24. The fraction of sp³-hybridized carbons (Fsp3) is 0.308. The van der Waals surface area contributed by atoms with Gasteiger partial charge in [-0.05, 0) is 37.5 Å². The zero-order chi connectivity index (χ0) is 11.8. The van der Waals surface area contributed by atoms with Crippen molar-refractivity contribution in [1.29, 1.82) is 0 Å². The molecule has 1 aromatic carbocycles. The van der Waals surface area contributed by atoms with Crippen LogP contribution in [0.15, 0.2) is 24.3 Å². The van der Waals surface area contributed by atoms with Gasteiger partial charge in [0.05, 0.1) is 6.10 Å². The Morgan fingerprint density at radius 1 is 1.41 bits per heavy atom. The van der Waals surface area contributed by atoms with Crippen LogP contribution in [0.3, 0.4) is 0 Å². The minimum absolute atomic E-state index is 0.199. The van der Waals surface area contributed by atoms with Crippen LogP contribution in [0.2, 0.25) is 0 Å². The third kappa shape index (κ3) is 1.75. The number of carboxylic acids is 1. The van der Waals surface area contributed by atoms with Crippen molar-refractivity contribution in [3.63, 3.8) is 0 Å². The van der Waals surface area contributed by atoms with Crippen LogP contribution in [0, 0.1) is 0 Å². The van der Waals surface area contributed by atoms with E-state index < -0.39 is 5.97 Å². The topological polar surface area (TPSA) is 62.3 Å². The number of aromatic nitrogens is 1. The Labute approximate surface area is 98.2 Å². The first kappa shape index (κ1) is 10.2. The fourth-order valence-corrected chi connectivity index (χ4v) is 2.01. The first-order valence-electron chi connectivity index (χ1n) is 5.76. The van der Waals surface area contributed by atoms with Crippen LogP contribution in [-0.2, 0) is 0 Å². The fourth-order valence-electron chi connectivity index (χ4n) is 2.01. The van der Waals surface area contributed by atoms with Crippen molar-refractivity contribution in [1.82, 2.24) is 4.98 Å². The van der Waals surface area contributed by atoms with Crippen molar-refractivity contribution in [2.75, 3.05) is 0 Å². The van der Waals surface area contributed by atoms with E-state index in [0.717, 1.165) is 29.5 Å². The van der Waals surface area contributed by atoms with Crippen molar-refractivity contribution in [3.05, 3.63) is 30.0 Å². The Bertz CT molecular complexity index is 569.